The Labute approximate surface area is 100 Å². The third-order valence-electron chi connectivity index (χ3n) is 4.02. The van der Waals surface area contributed by atoms with Gasteiger partial charge < -0.3 is 5.32 Å². The summed E-state index contributed by atoms with van der Waals surface area (Å²) < 4.78 is 13.9. The van der Waals surface area contributed by atoms with Crippen LogP contribution in [0.5, 0.6) is 0 Å². The van der Waals surface area contributed by atoms with Gasteiger partial charge in [-0.05, 0) is 30.9 Å². The van der Waals surface area contributed by atoms with Crippen LogP contribution in [0.1, 0.15) is 54.1 Å². The van der Waals surface area contributed by atoms with Crippen LogP contribution in [0.4, 0.5) is 4.39 Å². The van der Waals surface area contributed by atoms with Crippen LogP contribution in [0.3, 0.4) is 0 Å². The molecule has 2 aliphatic rings. The average Bonchev–Trinajstić information content (AvgIpc) is 2.70. The molecule has 1 saturated carbocycles. The second-order valence-corrected chi connectivity index (χ2v) is 5.05. The molecule has 1 unspecified atom stereocenters. The molecule has 1 aromatic rings. The molecule has 3 heteroatoms. The topological polar surface area (TPSA) is 29.1 Å². The molecule has 0 spiro atoms. The number of carbonyl (C=O) groups is 1. The molecule has 17 heavy (non-hydrogen) atoms. The van der Waals surface area contributed by atoms with Crippen molar-refractivity contribution in [3.63, 3.8) is 0 Å². The van der Waals surface area contributed by atoms with Crippen LogP contribution in [0.15, 0.2) is 18.2 Å². The van der Waals surface area contributed by atoms with Crippen LogP contribution >= 0.6 is 0 Å². The highest BCUT2D eigenvalue weighted by Crippen LogP contribution is 2.39. The summed E-state index contributed by atoms with van der Waals surface area (Å²) in [4.78, 5) is 11.8. The molecule has 1 N–H and O–H groups in total. The standard InChI is InChI=1S/C14H16FNO/c15-11-8-4-7-10-12(11)13(16-14(10)17)9-5-2-1-3-6-9/h4,7-9,13H,1-3,5-6H2,(H,16,17). The summed E-state index contributed by atoms with van der Waals surface area (Å²) in [7, 11) is 0. The molecule has 90 valence electrons. The van der Waals surface area contributed by atoms with Gasteiger partial charge in [-0.15, -0.1) is 0 Å². The summed E-state index contributed by atoms with van der Waals surface area (Å²) in [6.07, 6.45) is 5.85. The predicted molar refractivity (Wildman–Crippen MR) is 63.2 cm³/mol. The van der Waals surface area contributed by atoms with Crippen LogP contribution in [0.2, 0.25) is 0 Å². The van der Waals surface area contributed by atoms with Gasteiger partial charge in [0.1, 0.15) is 5.82 Å². The lowest BCUT2D eigenvalue weighted by Crippen LogP contribution is -2.27. The summed E-state index contributed by atoms with van der Waals surface area (Å²) in [5.41, 5.74) is 1.13. The van der Waals surface area contributed by atoms with Crippen LogP contribution in [-0.4, -0.2) is 5.91 Å². The number of rotatable bonds is 1. The first-order valence-corrected chi connectivity index (χ1v) is 6.36. The van der Waals surface area contributed by atoms with E-state index in [9.17, 15) is 9.18 Å². The minimum atomic E-state index is -0.239. The quantitative estimate of drug-likeness (QED) is 0.793. The Morgan fingerprint density at radius 1 is 1.18 bits per heavy atom. The van der Waals surface area contributed by atoms with Crippen LogP contribution in [0, 0.1) is 11.7 Å². The van der Waals surface area contributed by atoms with E-state index in [1.165, 1.54) is 25.3 Å². The molecule has 1 atom stereocenters. The zero-order chi connectivity index (χ0) is 11.8. The Morgan fingerprint density at radius 3 is 2.71 bits per heavy atom. The average molecular weight is 233 g/mol. The number of hydrogen-bond acceptors (Lipinski definition) is 1. The van der Waals surface area contributed by atoms with E-state index >= 15 is 0 Å². The zero-order valence-electron chi connectivity index (χ0n) is 9.71. The minimum absolute atomic E-state index is 0.0981. The summed E-state index contributed by atoms with van der Waals surface area (Å²) in [5, 5.41) is 2.95. The Kier molecular flexibility index (Phi) is 2.61. The maximum atomic E-state index is 13.9. The van der Waals surface area contributed by atoms with Gasteiger partial charge >= 0.3 is 0 Å². The van der Waals surface area contributed by atoms with Gasteiger partial charge in [0.15, 0.2) is 0 Å². The fourth-order valence-electron chi connectivity index (χ4n) is 3.16. The third kappa shape index (κ3) is 1.74. The number of benzene rings is 1. The van der Waals surface area contributed by atoms with Gasteiger partial charge in [-0.25, -0.2) is 4.39 Å². The highest BCUT2D eigenvalue weighted by atomic mass is 19.1. The van der Waals surface area contributed by atoms with E-state index in [-0.39, 0.29) is 17.8 Å². The van der Waals surface area contributed by atoms with Crippen molar-refractivity contribution in [2.45, 2.75) is 38.1 Å². The van der Waals surface area contributed by atoms with Crippen molar-refractivity contribution in [2.75, 3.05) is 0 Å². The van der Waals surface area contributed by atoms with Gasteiger partial charge in [0.2, 0.25) is 0 Å². The monoisotopic (exact) mass is 233 g/mol. The van der Waals surface area contributed by atoms with Gasteiger partial charge in [-0.2, -0.15) is 0 Å². The van der Waals surface area contributed by atoms with Crippen molar-refractivity contribution in [1.29, 1.82) is 0 Å². The lowest BCUT2D eigenvalue weighted by Gasteiger charge is -2.27. The number of amides is 1. The Hall–Kier alpha value is -1.38. The molecule has 0 saturated heterocycles. The number of carbonyl (C=O) groups excluding carboxylic acids is 1. The normalized spacial score (nSPS) is 24.5. The van der Waals surface area contributed by atoms with Crippen molar-refractivity contribution < 1.29 is 9.18 Å². The Morgan fingerprint density at radius 2 is 1.94 bits per heavy atom. The number of halogens is 1. The van der Waals surface area contributed by atoms with E-state index in [1.54, 1.807) is 12.1 Å². The second kappa shape index (κ2) is 4.13. The first-order chi connectivity index (χ1) is 8.27. The van der Waals surface area contributed by atoms with E-state index < -0.39 is 0 Å². The molecule has 0 aromatic heterocycles. The minimum Gasteiger partial charge on any atom is -0.345 e. The molecule has 1 heterocycles. The third-order valence-corrected chi connectivity index (χ3v) is 4.02. The number of fused-ring (bicyclic) bond motifs is 1. The number of hydrogen-bond donors (Lipinski definition) is 1. The summed E-state index contributed by atoms with van der Waals surface area (Å²) in [6, 6.07) is 4.68. The fourth-order valence-corrected chi connectivity index (χ4v) is 3.16. The summed E-state index contributed by atoms with van der Waals surface area (Å²) in [6.45, 7) is 0. The van der Waals surface area contributed by atoms with Crippen LogP contribution in [-0.2, 0) is 0 Å². The van der Waals surface area contributed by atoms with E-state index in [1.807, 2.05) is 0 Å². The van der Waals surface area contributed by atoms with E-state index in [4.69, 9.17) is 0 Å². The smallest absolute Gasteiger partial charge is 0.252 e. The zero-order valence-corrected chi connectivity index (χ0v) is 9.71. The van der Waals surface area contributed by atoms with Crippen molar-refractivity contribution in [1.82, 2.24) is 5.32 Å². The highest BCUT2D eigenvalue weighted by Gasteiger charge is 2.36. The lowest BCUT2D eigenvalue weighted by molar-refractivity contribution is 0.0940. The molecular formula is C14H16FNO. The highest BCUT2D eigenvalue weighted by molar-refractivity contribution is 5.99. The SMILES string of the molecule is O=C1NC(C2CCCCC2)c2c(F)cccc21. The number of nitrogens with one attached hydrogen (secondary N) is 1. The predicted octanol–water partition coefficient (Wildman–Crippen LogP) is 3.19. The summed E-state index contributed by atoms with van der Waals surface area (Å²) >= 11 is 0. The molecule has 1 amide bonds. The van der Waals surface area contributed by atoms with Gasteiger partial charge in [0.25, 0.3) is 5.91 Å². The molecule has 0 bridgehead atoms. The van der Waals surface area contributed by atoms with Crippen molar-refractivity contribution >= 4 is 5.91 Å². The van der Waals surface area contributed by atoms with E-state index in [0.717, 1.165) is 12.8 Å². The van der Waals surface area contributed by atoms with Gasteiger partial charge in [0, 0.05) is 11.1 Å². The van der Waals surface area contributed by atoms with Gasteiger partial charge in [-0.1, -0.05) is 25.3 Å². The molecule has 2 nitrogen and oxygen atoms in total. The fraction of sp³-hybridized carbons (Fsp3) is 0.500. The van der Waals surface area contributed by atoms with Crippen LogP contribution < -0.4 is 5.32 Å². The first-order valence-electron chi connectivity index (χ1n) is 6.36. The van der Waals surface area contributed by atoms with E-state index in [2.05, 4.69) is 5.32 Å². The summed E-state index contributed by atoms with van der Waals surface area (Å²) in [5.74, 6) is 0.0531. The van der Waals surface area contributed by atoms with Crippen molar-refractivity contribution in [3.05, 3.63) is 35.1 Å². The molecule has 3 rings (SSSR count). The molecular weight excluding hydrogens is 217 g/mol. The Balaban J connectivity index is 1.97. The molecule has 1 fully saturated rings. The largest absolute Gasteiger partial charge is 0.345 e. The molecule has 1 aromatic carbocycles. The lowest BCUT2D eigenvalue weighted by atomic mass is 9.81. The molecule has 1 aliphatic carbocycles. The molecule has 0 radical (unpaired) electrons. The maximum absolute atomic E-state index is 13.9. The van der Waals surface area contributed by atoms with Crippen molar-refractivity contribution in [2.24, 2.45) is 5.92 Å². The Bertz CT molecular complexity index is 452. The van der Waals surface area contributed by atoms with E-state index in [0.29, 0.717) is 17.0 Å². The second-order valence-electron chi connectivity index (χ2n) is 5.05. The van der Waals surface area contributed by atoms with Gasteiger partial charge in [-0.3, -0.25) is 4.79 Å². The molecule has 1 aliphatic heterocycles. The van der Waals surface area contributed by atoms with Crippen molar-refractivity contribution in [3.8, 4) is 0 Å². The van der Waals surface area contributed by atoms with Gasteiger partial charge in [0.05, 0.1) is 6.04 Å². The first kappa shape index (κ1) is 10.8. The van der Waals surface area contributed by atoms with Crippen LogP contribution in [0.25, 0.3) is 0 Å². The maximum Gasteiger partial charge on any atom is 0.252 e.